The van der Waals surface area contributed by atoms with Crippen LogP contribution in [0, 0.1) is 5.92 Å². The predicted molar refractivity (Wildman–Crippen MR) is 83.4 cm³/mol. The van der Waals surface area contributed by atoms with Gasteiger partial charge in [-0.15, -0.1) is 0 Å². The first-order chi connectivity index (χ1) is 10.1. The molecule has 21 heavy (non-hydrogen) atoms. The molecule has 2 rings (SSSR count). The summed E-state index contributed by atoms with van der Waals surface area (Å²) >= 11 is 0. The van der Waals surface area contributed by atoms with Crippen LogP contribution in [0.5, 0.6) is 5.75 Å². The molecule has 0 aliphatic rings. The summed E-state index contributed by atoms with van der Waals surface area (Å²) in [5, 5.41) is 7.68. The van der Waals surface area contributed by atoms with Gasteiger partial charge < -0.3 is 10.1 Å². The fourth-order valence-corrected chi connectivity index (χ4v) is 2.35. The molecule has 0 saturated heterocycles. The Labute approximate surface area is 126 Å². The van der Waals surface area contributed by atoms with Crippen LogP contribution in [-0.4, -0.2) is 28.9 Å². The lowest BCUT2D eigenvalue weighted by molar-refractivity contribution is 0.414. The van der Waals surface area contributed by atoms with E-state index in [-0.39, 0.29) is 6.04 Å². The highest BCUT2D eigenvalue weighted by Gasteiger charge is 2.15. The van der Waals surface area contributed by atoms with E-state index in [9.17, 15) is 0 Å². The topological polar surface area (TPSA) is 52.0 Å². The van der Waals surface area contributed by atoms with Crippen LogP contribution < -0.4 is 10.1 Å². The fourth-order valence-electron chi connectivity index (χ4n) is 2.35. The number of hydrogen-bond donors (Lipinski definition) is 1. The number of likely N-dealkylation sites (N-methyl/N-ethyl adjacent to an activating group) is 1. The number of nitrogens with one attached hydrogen (secondary N) is 1. The molecule has 0 aliphatic heterocycles. The highest BCUT2D eigenvalue weighted by atomic mass is 16.5. The zero-order valence-corrected chi connectivity index (χ0v) is 13.2. The van der Waals surface area contributed by atoms with Crippen LogP contribution >= 0.6 is 0 Å². The quantitative estimate of drug-likeness (QED) is 0.850. The summed E-state index contributed by atoms with van der Waals surface area (Å²) in [6.45, 7) is 5.27. The third-order valence-electron chi connectivity index (χ3n) is 3.49. The molecule has 5 nitrogen and oxygen atoms in total. The minimum absolute atomic E-state index is 0.214. The van der Waals surface area contributed by atoms with E-state index < -0.39 is 0 Å². The van der Waals surface area contributed by atoms with Gasteiger partial charge >= 0.3 is 0 Å². The van der Waals surface area contributed by atoms with Crippen molar-refractivity contribution in [1.82, 2.24) is 20.1 Å². The Bertz CT molecular complexity index is 548. The Morgan fingerprint density at radius 3 is 2.52 bits per heavy atom. The molecule has 0 saturated carbocycles. The van der Waals surface area contributed by atoms with Crippen LogP contribution in [0.3, 0.4) is 0 Å². The molecule has 0 radical (unpaired) electrons. The van der Waals surface area contributed by atoms with E-state index in [1.54, 1.807) is 13.4 Å². The van der Waals surface area contributed by atoms with Gasteiger partial charge in [-0.05, 0) is 30.7 Å². The third-order valence-corrected chi connectivity index (χ3v) is 3.49. The Kier molecular flexibility index (Phi) is 5.33. The van der Waals surface area contributed by atoms with Crippen molar-refractivity contribution in [1.29, 1.82) is 0 Å². The van der Waals surface area contributed by atoms with Crippen LogP contribution in [0.25, 0.3) is 0 Å². The lowest BCUT2D eigenvalue weighted by atomic mass is 10.0. The summed E-state index contributed by atoms with van der Waals surface area (Å²) in [6.07, 6.45) is 2.45. The van der Waals surface area contributed by atoms with Crippen LogP contribution in [0.1, 0.15) is 31.3 Å². The molecule has 2 aromatic rings. The van der Waals surface area contributed by atoms with Crippen molar-refractivity contribution in [3.05, 3.63) is 42.0 Å². The van der Waals surface area contributed by atoms with Gasteiger partial charge in [-0.1, -0.05) is 26.0 Å². The molecule has 0 aliphatic carbocycles. The highest BCUT2D eigenvalue weighted by Crippen LogP contribution is 2.20. The first kappa shape index (κ1) is 15.5. The lowest BCUT2D eigenvalue weighted by Gasteiger charge is -2.17. The predicted octanol–water partition coefficient (Wildman–Crippen LogP) is 2.45. The van der Waals surface area contributed by atoms with Gasteiger partial charge in [-0.3, -0.25) is 0 Å². The van der Waals surface area contributed by atoms with Crippen molar-refractivity contribution in [2.24, 2.45) is 5.92 Å². The van der Waals surface area contributed by atoms with Gasteiger partial charge in [-0.2, -0.15) is 5.10 Å². The molecule has 5 heteroatoms. The van der Waals surface area contributed by atoms with Gasteiger partial charge in [-0.25, -0.2) is 9.67 Å². The molecule has 0 bridgehead atoms. The number of ether oxygens (including phenoxy) is 1. The molecule has 1 aromatic carbocycles. The van der Waals surface area contributed by atoms with E-state index in [4.69, 9.17) is 4.74 Å². The molecule has 1 N–H and O–H groups in total. The average molecular weight is 288 g/mol. The van der Waals surface area contributed by atoms with E-state index in [0.29, 0.717) is 5.92 Å². The second-order valence-electron chi connectivity index (χ2n) is 5.57. The second-order valence-corrected chi connectivity index (χ2v) is 5.57. The molecule has 1 atom stereocenters. The zero-order chi connectivity index (χ0) is 15.2. The molecule has 0 spiro atoms. The number of rotatable bonds is 7. The summed E-state index contributed by atoms with van der Waals surface area (Å²) in [5.74, 6) is 2.44. The highest BCUT2D eigenvalue weighted by molar-refractivity contribution is 5.29. The number of methoxy groups -OCH3 is 1. The number of aromatic nitrogens is 3. The Morgan fingerprint density at radius 2 is 1.95 bits per heavy atom. The maximum Gasteiger partial charge on any atom is 0.138 e. The van der Waals surface area contributed by atoms with Crippen molar-refractivity contribution < 1.29 is 4.74 Å². The molecule has 1 unspecified atom stereocenters. The Hall–Kier alpha value is -1.88. The van der Waals surface area contributed by atoms with E-state index in [2.05, 4.69) is 41.4 Å². The van der Waals surface area contributed by atoms with Gasteiger partial charge in [0.1, 0.15) is 17.9 Å². The summed E-state index contributed by atoms with van der Waals surface area (Å²) in [6, 6.07) is 8.36. The average Bonchev–Trinajstić information content (AvgIpc) is 2.91. The van der Waals surface area contributed by atoms with Crippen LogP contribution in [0.15, 0.2) is 30.6 Å². The van der Waals surface area contributed by atoms with Crippen molar-refractivity contribution in [3.63, 3.8) is 0 Å². The smallest absolute Gasteiger partial charge is 0.138 e. The van der Waals surface area contributed by atoms with E-state index in [0.717, 1.165) is 24.5 Å². The normalized spacial score (nSPS) is 12.6. The maximum atomic E-state index is 5.20. The van der Waals surface area contributed by atoms with Crippen molar-refractivity contribution >= 4 is 0 Å². The summed E-state index contributed by atoms with van der Waals surface area (Å²) in [7, 11) is 3.65. The minimum Gasteiger partial charge on any atom is -0.497 e. The molecule has 114 valence electrons. The van der Waals surface area contributed by atoms with Gasteiger partial charge in [0, 0.05) is 19.0 Å². The van der Waals surface area contributed by atoms with Gasteiger partial charge in [0.2, 0.25) is 0 Å². The number of hydrogen-bond acceptors (Lipinski definition) is 4. The maximum absolute atomic E-state index is 5.20. The first-order valence-electron chi connectivity index (χ1n) is 7.32. The van der Waals surface area contributed by atoms with Crippen LogP contribution in [0.4, 0.5) is 0 Å². The number of benzene rings is 1. The summed E-state index contributed by atoms with van der Waals surface area (Å²) < 4.78 is 7.20. The first-order valence-corrected chi connectivity index (χ1v) is 7.32. The Balaban J connectivity index is 2.13. The van der Waals surface area contributed by atoms with Crippen LogP contribution in [0.2, 0.25) is 0 Å². The lowest BCUT2D eigenvalue weighted by Crippen LogP contribution is -2.21. The SMILES string of the molecule is CNC(Cc1ncnn1CC(C)C)c1ccc(OC)cc1. The summed E-state index contributed by atoms with van der Waals surface area (Å²) in [5.41, 5.74) is 1.22. The second kappa shape index (κ2) is 7.22. The third kappa shape index (κ3) is 4.04. The van der Waals surface area contributed by atoms with Crippen molar-refractivity contribution in [3.8, 4) is 5.75 Å². The largest absolute Gasteiger partial charge is 0.497 e. The zero-order valence-electron chi connectivity index (χ0n) is 13.2. The standard InChI is InChI=1S/C16H24N4O/c1-12(2)10-20-16(18-11-19-20)9-15(17-3)13-5-7-14(21-4)8-6-13/h5-8,11-12,15,17H,9-10H2,1-4H3. The Morgan fingerprint density at radius 1 is 1.24 bits per heavy atom. The van der Waals surface area contributed by atoms with Gasteiger partial charge in [0.05, 0.1) is 7.11 Å². The fraction of sp³-hybridized carbons (Fsp3) is 0.500. The molecule has 1 heterocycles. The van der Waals surface area contributed by atoms with Gasteiger partial charge in [0.25, 0.3) is 0 Å². The molecular formula is C16H24N4O. The van der Waals surface area contributed by atoms with Gasteiger partial charge in [0.15, 0.2) is 0 Å². The molecular weight excluding hydrogens is 264 g/mol. The van der Waals surface area contributed by atoms with Crippen molar-refractivity contribution in [2.45, 2.75) is 32.9 Å². The molecule has 1 aromatic heterocycles. The molecule has 0 fully saturated rings. The number of nitrogens with zero attached hydrogens (tertiary/aromatic N) is 3. The van der Waals surface area contributed by atoms with E-state index >= 15 is 0 Å². The van der Waals surface area contributed by atoms with Crippen molar-refractivity contribution in [2.75, 3.05) is 14.2 Å². The van der Waals surface area contributed by atoms with Crippen LogP contribution in [-0.2, 0) is 13.0 Å². The van der Waals surface area contributed by atoms with E-state index in [1.165, 1.54) is 5.56 Å². The monoisotopic (exact) mass is 288 g/mol. The molecule has 0 amide bonds. The minimum atomic E-state index is 0.214. The summed E-state index contributed by atoms with van der Waals surface area (Å²) in [4.78, 5) is 4.40. The van der Waals surface area contributed by atoms with E-state index in [1.807, 2.05) is 23.9 Å².